The molecule has 0 aliphatic heterocycles. The molecule has 5 aromatic rings. The van der Waals surface area contributed by atoms with Gasteiger partial charge in [0.1, 0.15) is 11.5 Å². The summed E-state index contributed by atoms with van der Waals surface area (Å²) < 4.78 is 16.7. The normalized spacial score (nSPS) is 11.1. The SMILES string of the molecule is N#CCCCSc1ccc(-c2cnc3ccc(-c4c[nH]nc4-c4ccc(F)cc4)cn23)s1. The fourth-order valence-corrected chi connectivity index (χ4v) is 5.67. The number of aromatic nitrogens is 4. The van der Waals surface area contributed by atoms with E-state index in [9.17, 15) is 4.39 Å². The predicted octanol–water partition coefficient (Wildman–Crippen LogP) is 6.65. The molecule has 0 saturated carbocycles. The van der Waals surface area contributed by atoms with E-state index in [2.05, 4.69) is 44.0 Å². The number of hydrogen-bond donors (Lipinski definition) is 1. The Morgan fingerprint density at radius 1 is 1.09 bits per heavy atom. The van der Waals surface area contributed by atoms with Crippen molar-refractivity contribution in [2.24, 2.45) is 0 Å². The van der Waals surface area contributed by atoms with E-state index < -0.39 is 0 Å². The Bertz CT molecular complexity index is 1410. The fourth-order valence-electron chi connectivity index (χ4n) is 3.52. The number of fused-ring (bicyclic) bond motifs is 1. The molecule has 1 aromatic carbocycles. The minimum absolute atomic E-state index is 0.270. The lowest BCUT2D eigenvalue weighted by Gasteiger charge is -2.06. The Balaban J connectivity index is 1.47. The van der Waals surface area contributed by atoms with Crippen molar-refractivity contribution in [1.29, 1.82) is 5.26 Å². The van der Waals surface area contributed by atoms with Crippen molar-refractivity contribution < 1.29 is 4.39 Å². The van der Waals surface area contributed by atoms with E-state index in [1.807, 2.05) is 24.5 Å². The maximum Gasteiger partial charge on any atom is 0.137 e. The van der Waals surface area contributed by atoms with Gasteiger partial charge in [0.05, 0.1) is 32.7 Å². The first-order chi connectivity index (χ1) is 15.7. The van der Waals surface area contributed by atoms with Crippen molar-refractivity contribution in [2.75, 3.05) is 5.75 Å². The highest BCUT2D eigenvalue weighted by Gasteiger charge is 2.14. The number of nitrogens with zero attached hydrogens (tertiary/aromatic N) is 4. The number of unbranched alkanes of at least 4 members (excludes halogenated alkanes) is 1. The molecule has 0 aliphatic carbocycles. The van der Waals surface area contributed by atoms with Crippen molar-refractivity contribution in [1.82, 2.24) is 19.6 Å². The van der Waals surface area contributed by atoms with Crippen molar-refractivity contribution in [3.05, 3.63) is 72.9 Å². The van der Waals surface area contributed by atoms with Crippen LogP contribution in [0.5, 0.6) is 0 Å². The zero-order valence-electron chi connectivity index (χ0n) is 17.0. The third-order valence-electron chi connectivity index (χ3n) is 5.09. The van der Waals surface area contributed by atoms with E-state index >= 15 is 0 Å². The lowest BCUT2D eigenvalue weighted by molar-refractivity contribution is 0.628. The van der Waals surface area contributed by atoms with Crippen LogP contribution in [-0.2, 0) is 0 Å². The van der Waals surface area contributed by atoms with Crippen LogP contribution in [-0.4, -0.2) is 25.3 Å². The molecule has 1 N–H and O–H groups in total. The average molecular weight is 460 g/mol. The highest BCUT2D eigenvalue weighted by molar-refractivity contribution is 8.01. The number of nitrogens with one attached hydrogen (secondary N) is 1. The molecule has 4 aromatic heterocycles. The molecule has 0 bridgehead atoms. The molecule has 0 fully saturated rings. The quantitative estimate of drug-likeness (QED) is 0.218. The summed E-state index contributed by atoms with van der Waals surface area (Å²) in [6.07, 6.45) is 7.31. The molecule has 0 saturated heterocycles. The van der Waals surface area contributed by atoms with Gasteiger partial charge >= 0.3 is 0 Å². The number of H-pyrrole nitrogens is 1. The first-order valence-electron chi connectivity index (χ1n) is 10.1. The Morgan fingerprint density at radius 2 is 1.94 bits per heavy atom. The highest BCUT2D eigenvalue weighted by atomic mass is 32.2. The van der Waals surface area contributed by atoms with Crippen molar-refractivity contribution >= 4 is 28.7 Å². The standard InChI is InChI=1S/C24H18FN5S2/c25-18-6-3-16(4-7-18)24-19(13-28-29-24)17-5-9-22-27-14-20(30(22)15-17)21-8-10-23(32-21)31-12-2-1-11-26/h3-10,13-15H,1-2,12H2,(H,28,29). The summed E-state index contributed by atoms with van der Waals surface area (Å²) in [6, 6.07) is 16.8. The molecule has 0 radical (unpaired) electrons. The maximum atomic E-state index is 13.3. The van der Waals surface area contributed by atoms with Gasteiger partial charge in [0.25, 0.3) is 0 Å². The number of hydrogen-bond acceptors (Lipinski definition) is 5. The molecule has 0 amide bonds. The molecule has 0 spiro atoms. The average Bonchev–Trinajstić information content (AvgIpc) is 3.56. The Morgan fingerprint density at radius 3 is 2.78 bits per heavy atom. The van der Waals surface area contributed by atoms with Crippen LogP contribution in [0.2, 0.25) is 0 Å². The van der Waals surface area contributed by atoms with Crippen LogP contribution < -0.4 is 0 Å². The van der Waals surface area contributed by atoms with Crippen LogP contribution >= 0.6 is 23.1 Å². The predicted molar refractivity (Wildman–Crippen MR) is 127 cm³/mol. The second-order valence-corrected chi connectivity index (χ2v) is 9.65. The van der Waals surface area contributed by atoms with Crippen molar-refractivity contribution in [3.63, 3.8) is 0 Å². The van der Waals surface area contributed by atoms with Crippen LogP contribution in [0.3, 0.4) is 0 Å². The Kier molecular flexibility index (Phi) is 5.75. The maximum absolute atomic E-state index is 13.3. The second kappa shape index (κ2) is 8.99. The van der Waals surface area contributed by atoms with Gasteiger partial charge in [0.2, 0.25) is 0 Å². The number of benzene rings is 1. The molecule has 5 rings (SSSR count). The number of rotatable bonds is 7. The molecule has 0 atom stereocenters. The van der Waals surface area contributed by atoms with Crippen LogP contribution in [0.25, 0.3) is 38.6 Å². The monoisotopic (exact) mass is 459 g/mol. The zero-order chi connectivity index (χ0) is 21.9. The number of thioether (sulfide) groups is 1. The first-order valence-corrected chi connectivity index (χ1v) is 11.9. The highest BCUT2D eigenvalue weighted by Crippen LogP contribution is 2.36. The van der Waals surface area contributed by atoms with Gasteiger partial charge in [-0.25, -0.2) is 9.37 Å². The largest absolute Gasteiger partial charge is 0.298 e. The van der Waals surface area contributed by atoms with Crippen molar-refractivity contribution in [3.8, 4) is 39.0 Å². The summed E-state index contributed by atoms with van der Waals surface area (Å²) in [7, 11) is 0. The summed E-state index contributed by atoms with van der Waals surface area (Å²) in [4.78, 5) is 5.71. The Labute approximate surface area is 192 Å². The van der Waals surface area contributed by atoms with Gasteiger partial charge in [0.15, 0.2) is 0 Å². The number of imidazole rings is 1. The minimum Gasteiger partial charge on any atom is -0.298 e. The van der Waals surface area contributed by atoms with Gasteiger partial charge in [-0.3, -0.25) is 9.50 Å². The number of halogens is 1. The molecular formula is C24H18FN5S2. The van der Waals surface area contributed by atoms with E-state index in [0.717, 1.165) is 50.8 Å². The molecule has 4 heterocycles. The summed E-state index contributed by atoms with van der Waals surface area (Å²) >= 11 is 3.52. The van der Waals surface area contributed by atoms with Gasteiger partial charge in [-0.2, -0.15) is 10.4 Å². The van der Waals surface area contributed by atoms with E-state index in [1.54, 1.807) is 35.2 Å². The summed E-state index contributed by atoms with van der Waals surface area (Å²) in [5.74, 6) is 0.672. The molecule has 8 heteroatoms. The van der Waals surface area contributed by atoms with Crippen molar-refractivity contribution in [2.45, 2.75) is 17.1 Å². The van der Waals surface area contributed by atoms with Gasteiger partial charge in [-0.1, -0.05) is 0 Å². The minimum atomic E-state index is -0.270. The molecule has 32 heavy (non-hydrogen) atoms. The van der Waals surface area contributed by atoms with Gasteiger partial charge in [-0.15, -0.1) is 23.1 Å². The smallest absolute Gasteiger partial charge is 0.137 e. The summed E-state index contributed by atoms with van der Waals surface area (Å²) in [6.45, 7) is 0. The molecule has 158 valence electrons. The Hall–Kier alpha value is -3.41. The van der Waals surface area contributed by atoms with Crippen LogP contribution in [0.1, 0.15) is 12.8 Å². The fraction of sp³-hybridized carbons (Fsp3) is 0.125. The van der Waals surface area contributed by atoms with Gasteiger partial charge in [0, 0.05) is 35.5 Å². The first kappa shape index (κ1) is 20.5. The van der Waals surface area contributed by atoms with Crippen LogP contribution in [0.4, 0.5) is 4.39 Å². The third-order valence-corrected chi connectivity index (χ3v) is 7.51. The van der Waals surface area contributed by atoms with E-state index in [1.165, 1.54) is 16.3 Å². The lowest BCUT2D eigenvalue weighted by atomic mass is 10.0. The summed E-state index contributed by atoms with van der Waals surface area (Å²) in [5, 5.41) is 16.0. The summed E-state index contributed by atoms with van der Waals surface area (Å²) in [5.41, 5.74) is 5.46. The number of pyridine rings is 1. The number of nitriles is 1. The van der Waals surface area contributed by atoms with Gasteiger partial charge < -0.3 is 0 Å². The topological polar surface area (TPSA) is 69.8 Å². The van der Waals surface area contributed by atoms with Crippen LogP contribution in [0.15, 0.2) is 71.3 Å². The zero-order valence-corrected chi connectivity index (χ0v) is 18.6. The van der Waals surface area contributed by atoms with E-state index in [4.69, 9.17) is 5.26 Å². The molecule has 0 unspecified atom stereocenters. The second-order valence-electron chi connectivity index (χ2n) is 7.17. The van der Waals surface area contributed by atoms with E-state index in [-0.39, 0.29) is 5.82 Å². The number of thiophene rings is 1. The van der Waals surface area contributed by atoms with Gasteiger partial charge in [-0.05, 0) is 60.7 Å². The van der Waals surface area contributed by atoms with E-state index in [0.29, 0.717) is 6.42 Å². The lowest BCUT2D eigenvalue weighted by Crippen LogP contribution is -1.90. The molecule has 5 nitrogen and oxygen atoms in total. The third kappa shape index (κ3) is 4.05. The molecule has 0 aliphatic rings. The van der Waals surface area contributed by atoms with Crippen LogP contribution in [0, 0.1) is 17.1 Å². The molecular weight excluding hydrogens is 441 g/mol. The number of aromatic amines is 1.